The summed E-state index contributed by atoms with van der Waals surface area (Å²) >= 11 is 0. The van der Waals surface area contributed by atoms with Crippen LogP contribution in [0.1, 0.15) is 74.2 Å². The number of para-hydroxylation sites is 1. The highest BCUT2D eigenvalue weighted by Crippen LogP contribution is 2.46. The molecule has 2 aromatic rings. The summed E-state index contributed by atoms with van der Waals surface area (Å²) in [4.78, 5) is 9.71. The van der Waals surface area contributed by atoms with Crippen LogP contribution in [0.25, 0.3) is 0 Å². The van der Waals surface area contributed by atoms with Crippen molar-refractivity contribution in [2.45, 2.75) is 56.9 Å². The molecule has 0 bridgehead atoms. The molecule has 6 nitrogen and oxygen atoms in total. The van der Waals surface area contributed by atoms with Gasteiger partial charge in [0.2, 0.25) is 5.89 Å². The third-order valence-electron chi connectivity index (χ3n) is 7.12. The third-order valence-corrected chi connectivity index (χ3v) is 7.12. The van der Waals surface area contributed by atoms with E-state index in [0.29, 0.717) is 0 Å². The number of ether oxygens (including phenoxy) is 1. The Morgan fingerprint density at radius 1 is 1.14 bits per heavy atom. The molecule has 1 aliphatic carbocycles. The van der Waals surface area contributed by atoms with E-state index < -0.39 is 0 Å². The van der Waals surface area contributed by atoms with Gasteiger partial charge in [-0.3, -0.25) is 4.90 Å². The molecule has 1 aromatic carbocycles. The average Bonchev–Trinajstić information content (AvgIpc) is 3.47. The van der Waals surface area contributed by atoms with Crippen LogP contribution in [0.5, 0.6) is 5.75 Å². The minimum absolute atomic E-state index is 0.146. The van der Waals surface area contributed by atoms with E-state index in [1.807, 2.05) is 0 Å². The van der Waals surface area contributed by atoms with Crippen molar-refractivity contribution in [3.05, 3.63) is 35.5 Å². The van der Waals surface area contributed by atoms with Gasteiger partial charge in [-0.2, -0.15) is 4.98 Å². The minimum atomic E-state index is 0.146. The zero-order valence-corrected chi connectivity index (χ0v) is 17.6. The van der Waals surface area contributed by atoms with Gasteiger partial charge in [0.1, 0.15) is 5.75 Å². The number of rotatable bonds is 5. The molecule has 2 atom stereocenters. The summed E-state index contributed by atoms with van der Waals surface area (Å²) in [7, 11) is 3.91. The van der Waals surface area contributed by atoms with Gasteiger partial charge in [0.25, 0.3) is 0 Å². The Labute approximate surface area is 173 Å². The highest BCUT2D eigenvalue weighted by atomic mass is 16.5. The molecule has 1 saturated heterocycles. The van der Waals surface area contributed by atoms with Gasteiger partial charge in [-0.15, -0.1) is 0 Å². The number of hydrogen-bond acceptors (Lipinski definition) is 6. The quantitative estimate of drug-likeness (QED) is 0.748. The lowest BCUT2D eigenvalue weighted by Gasteiger charge is -2.29. The van der Waals surface area contributed by atoms with Crippen molar-refractivity contribution >= 4 is 5.69 Å². The maximum absolute atomic E-state index is 5.75. The molecule has 0 radical (unpaired) electrons. The predicted molar refractivity (Wildman–Crippen MR) is 113 cm³/mol. The smallest absolute Gasteiger partial charge is 0.244 e. The maximum Gasteiger partial charge on any atom is 0.244 e. The Bertz CT molecular complexity index is 845. The van der Waals surface area contributed by atoms with Crippen molar-refractivity contribution in [3.8, 4) is 5.75 Å². The number of fused-ring (bicyclic) bond motifs is 1. The fraction of sp³-hybridized carbons (Fsp3) is 0.652. The van der Waals surface area contributed by atoms with Gasteiger partial charge in [-0.25, -0.2) is 0 Å². The lowest BCUT2D eigenvalue weighted by molar-refractivity contribution is 0.244. The summed E-state index contributed by atoms with van der Waals surface area (Å²) in [6.45, 7) is 3.10. The molecule has 2 fully saturated rings. The molecule has 6 heteroatoms. The number of aromatic nitrogens is 2. The second kappa shape index (κ2) is 7.98. The van der Waals surface area contributed by atoms with Crippen LogP contribution in [-0.4, -0.2) is 48.8 Å². The lowest BCUT2D eigenvalue weighted by atomic mass is 9.89. The van der Waals surface area contributed by atoms with E-state index in [4.69, 9.17) is 14.2 Å². The van der Waals surface area contributed by atoms with Gasteiger partial charge in [0, 0.05) is 13.1 Å². The molecule has 29 heavy (non-hydrogen) atoms. The van der Waals surface area contributed by atoms with Crippen molar-refractivity contribution in [1.82, 2.24) is 15.0 Å². The average molecular weight is 397 g/mol. The summed E-state index contributed by atoms with van der Waals surface area (Å²) in [6, 6.07) is 6.63. The van der Waals surface area contributed by atoms with Gasteiger partial charge >= 0.3 is 0 Å². The molecule has 156 valence electrons. The Hall–Kier alpha value is -2.08. The van der Waals surface area contributed by atoms with Gasteiger partial charge in [-0.1, -0.05) is 36.6 Å². The second-order valence-corrected chi connectivity index (χ2v) is 8.99. The Balaban J connectivity index is 1.43. The van der Waals surface area contributed by atoms with Gasteiger partial charge < -0.3 is 14.2 Å². The first-order chi connectivity index (χ1) is 14.2. The van der Waals surface area contributed by atoms with Crippen LogP contribution in [0.3, 0.4) is 0 Å². The standard InChI is InChI=1S/C23H32N4O2/c1-26-13-7-11-19(26)23-24-22(25-29-23)18-15-27(14-16-8-4-3-5-9-16)21-17(18)10-6-12-20(21)28-2/h6,10,12,16,18-19H,3-5,7-9,11,13-15H2,1-2H3/t18?,19-/m1/s1. The van der Waals surface area contributed by atoms with Gasteiger partial charge in [0.15, 0.2) is 5.82 Å². The number of benzene rings is 1. The Kier molecular flexibility index (Phi) is 5.20. The summed E-state index contributed by atoms with van der Waals surface area (Å²) in [5.41, 5.74) is 2.50. The molecular weight excluding hydrogens is 364 g/mol. The molecule has 0 amide bonds. The molecule has 0 spiro atoms. The van der Waals surface area contributed by atoms with E-state index >= 15 is 0 Å². The monoisotopic (exact) mass is 396 g/mol. The van der Waals surface area contributed by atoms with E-state index in [1.165, 1.54) is 49.8 Å². The maximum atomic E-state index is 5.75. The number of nitrogens with zero attached hydrogens (tertiary/aromatic N) is 4. The van der Waals surface area contributed by atoms with Crippen LogP contribution in [0.4, 0.5) is 5.69 Å². The van der Waals surface area contributed by atoms with Gasteiger partial charge in [-0.05, 0) is 56.8 Å². The number of anilines is 1. The Morgan fingerprint density at radius 3 is 2.76 bits per heavy atom. The SMILES string of the molecule is COc1cccc2c1N(CC1CCCCC1)CC2c1noc([C@H]2CCCN2C)n1. The summed E-state index contributed by atoms with van der Waals surface area (Å²) < 4.78 is 11.5. The fourth-order valence-corrected chi connectivity index (χ4v) is 5.55. The van der Waals surface area contributed by atoms with Crippen molar-refractivity contribution in [2.75, 3.05) is 38.7 Å². The zero-order chi connectivity index (χ0) is 19.8. The van der Waals surface area contributed by atoms with Crippen LogP contribution in [0.2, 0.25) is 0 Å². The molecule has 3 heterocycles. The van der Waals surface area contributed by atoms with Crippen molar-refractivity contribution in [2.24, 2.45) is 5.92 Å². The topological polar surface area (TPSA) is 54.6 Å². The van der Waals surface area contributed by atoms with E-state index in [0.717, 1.165) is 49.4 Å². The van der Waals surface area contributed by atoms with E-state index in [2.05, 4.69) is 40.2 Å². The minimum Gasteiger partial charge on any atom is -0.495 e. The first-order valence-electron chi connectivity index (χ1n) is 11.2. The normalized spacial score (nSPS) is 25.5. The summed E-state index contributed by atoms with van der Waals surface area (Å²) in [5.74, 6) is 3.47. The van der Waals surface area contributed by atoms with Crippen LogP contribution in [0.15, 0.2) is 22.7 Å². The highest BCUT2D eigenvalue weighted by Gasteiger charge is 2.37. The van der Waals surface area contributed by atoms with E-state index in [1.54, 1.807) is 7.11 Å². The molecule has 1 aromatic heterocycles. The fourth-order valence-electron chi connectivity index (χ4n) is 5.55. The third kappa shape index (κ3) is 3.52. The molecule has 5 rings (SSSR count). The number of methoxy groups -OCH3 is 1. The van der Waals surface area contributed by atoms with Crippen LogP contribution in [-0.2, 0) is 0 Å². The predicted octanol–water partition coefficient (Wildman–Crippen LogP) is 4.38. The lowest BCUT2D eigenvalue weighted by Crippen LogP contribution is -2.30. The first-order valence-corrected chi connectivity index (χ1v) is 11.2. The molecular formula is C23H32N4O2. The Morgan fingerprint density at radius 2 is 2.00 bits per heavy atom. The number of likely N-dealkylation sites (tertiary alicyclic amines) is 1. The first kappa shape index (κ1) is 18.9. The van der Waals surface area contributed by atoms with Crippen LogP contribution < -0.4 is 9.64 Å². The van der Waals surface area contributed by atoms with Crippen LogP contribution in [0, 0.1) is 5.92 Å². The molecule has 0 N–H and O–H groups in total. The van der Waals surface area contributed by atoms with Gasteiger partial charge in [0.05, 0.1) is 24.8 Å². The largest absolute Gasteiger partial charge is 0.495 e. The van der Waals surface area contributed by atoms with Crippen molar-refractivity contribution < 1.29 is 9.26 Å². The van der Waals surface area contributed by atoms with Crippen molar-refractivity contribution in [1.29, 1.82) is 0 Å². The zero-order valence-electron chi connectivity index (χ0n) is 17.6. The van der Waals surface area contributed by atoms with Crippen molar-refractivity contribution in [3.63, 3.8) is 0 Å². The molecule has 1 saturated carbocycles. The molecule has 2 aliphatic heterocycles. The number of hydrogen-bond donors (Lipinski definition) is 0. The molecule has 1 unspecified atom stereocenters. The second-order valence-electron chi connectivity index (χ2n) is 8.99. The highest BCUT2D eigenvalue weighted by molar-refractivity contribution is 5.70. The summed E-state index contributed by atoms with van der Waals surface area (Å²) in [6.07, 6.45) is 9.09. The van der Waals surface area contributed by atoms with E-state index in [9.17, 15) is 0 Å². The van der Waals surface area contributed by atoms with Crippen LogP contribution >= 0.6 is 0 Å². The van der Waals surface area contributed by atoms with E-state index in [-0.39, 0.29) is 12.0 Å². The molecule has 3 aliphatic rings. The summed E-state index contributed by atoms with van der Waals surface area (Å²) in [5, 5.41) is 4.43.